The number of amides is 1. The van der Waals surface area contributed by atoms with E-state index in [4.69, 9.17) is 5.11 Å². The number of pyridine rings is 1. The third-order valence-electron chi connectivity index (χ3n) is 2.12. The number of anilines is 1. The van der Waals surface area contributed by atoms with Gasteiger partial charge in [0.1, 0.15) is 11.6 Å². The lowest BCUT2D eigenvalue weighted by atomic mass is 10.2. The summed E-state index contributed by atoms with van der Waals surface area (Å²) in [7, 11) is 0. The van der Waals surface area contributed by atoms with Crippen LogP contribution < -0.4 is 5.32 Å². The second-order valence-corrected chi connectivity index (χ2v) is 3.36. The van der Waals surface area contributed by atoms with Crippen LogP contribution in [0.1, 0.15) is 10.4 Å². The van der Waals surface area contributed by atoms with Crippen molar-refractivity contribution in [3.63, 3.8) is 0 Å². The van der Waals surface area contributed by atoms with Crippen molar-refractivity contribution in [2.45, 2.75) is 0 Å². The van der Waals surface area contributed by atoms with Crippen molar-refractivity contribution in [2.75, 3.05) is 5.32 Å². The van der Waals surface area contributed by atoms with Gasteiger partial charge in [0.05, 0.1) is 11.3 Å². The molecule has 0 saturated heterocycles. The molecule has 0 saturated carbocycles. The summed E-state index contributed by atoms with van der Waals surface area (Å²) in [4.78, 5) is 15.5. The monoisotopic (exact) mass is 232 g/mol. The summed E-state index contributed by atoms with van der Waals surface area (Å²) in [6, 6.07) is 6.70. The van der Waals surface area contributed by atoms with E-state index in [9.17, 15) is 9.18 Å². The summed E-state index contributed by atoms with van der Waals surface area (Å²) >= 11 is 0. The Morgan fingerprint density at radius 2 is 2.18 bits per heavy atom. The molecule has 1 aromatic heterocycles. The third kappa shape index (κ3) is 2.57. The Morgan fingerprint density at radius 3 is 2.82 bits per heavy atom. The number of phenols is 1. The number of rotatable bonds is 2. The van der Waals surface area contributed by atoms with Crippen LogP contribution in [-0.2, 0) is 0 Å². The molecule has 0 aliphatic carbocycles. The molecule has 5 heteroatoms. The highest BCUT2D eigenvalue weighted by atomic mass is 19.1. The normalized spacial score (nSPS) is 9.94. The van der Waals surface area contributed by atoms with Crippen LogP contribution in [0, 0.1) is 5.82 Å². The second-order valence-electron chi connectivity index (χ2n) is 3.36. The first-order valence-corrected chi connectivity index (χ1v) is 4.87. The van der Waals surface area contributed by atoms with E-state index >= 15 is 0 Å². The van der Waals surface area contributed by atoms with E-state index in [0.717, 1.165) is 6.07 Å². The van der Waals surface area contributed by atoms with Gasteiger partial charge >= 0.3 is 0 Å². The largest absolute Gasteiger partial charge is 0.508 e. The number of carbonyl (C=O) groups excluding carboxylic acids is 1. The van der Waals surface area contributed by atoms with Crippen LogP contribution in [0.5, 0.6) is 5.75 Å². The maximum atomic E-state index is 13.3. The van der Waals surface area contributed by atoms with Crippen molar-refractivity contribution in [1.29, 1.82) is 0 Å². The summed E-state index contributed by atoms with van der Waals surface area (Å²) in [5.41, 5.74) is 0.344. The predicted octanol–water partition coefficient (Wildman–Crippen LogP) is 2.18. The lowest BCUT2D eigenvalue weighted by Gasteiger charge is -2.06. The van der Waals surface area contributed by atoms with E-state index in [-0.39, 0.29) is 11.4 Å². The number of hydrogen-bond donors (Lipinski definition) is 2. The number of carbonyl (C=O) groups is 1. The summed E-state index contributed by atoms with van der Waals surface area (Å²) in [6.45, 7) is 0. The van der Waals surface area contributed by atoms with Crippen molar-refractivity contribution in [2.24, 2.45) is 0 Å². The highest BCUT2D eigenvalue weighted by Crippen LogP contribution is 2.19. The van der Waals surface area contributed by atoms with Crippen molar-refractivity contribution >= 4 is 11.6 Å². The maximum absolute atomic E-state index is 13.3. The minimum Gasteiger partial charge on any atom is -0.508 e. The van der Waals surface area contributed by atoms with E-state index in [0.29, 0.717) is 5.56 Å². The molecule has 0 aliphatic heterocycles. The van der Waals surface area contributed by atoms with Crippen LogP contribution in [0.15, 0.2) is 42.7 Å². The van der Waals surface area contributed by atoms with Gasteiger partial charge in [-0.1, -0.05) is 0 Å². The van der Waals surface area contributed by atoms with Gasteiger partial charge in [-0.25, -0.2) is 4.39 Å². The van der Waals surface area contributed by atoms with Gasteiger partial charge in [0, 0.05) is 18.5 Å². The van der Waals surface area contributed by atoms with Gasteiger partial charge in [-0.05, 0) is 24.3 Å². The fourth-order valence-electron chi connectivity index (χ4n) is 1.30. The topological polar surface area (TPSA) is 62.2 Å². The smallest absolute Gasteiger partial charge is 0.257 e. The Kier molecular flexibility index (Phi) is 3.00. The lowest BCUT2D eigenvalue weighted by Crippen LogP contribution is -2.12. The molecule has 0 fully saturated rings. The lowest BCUT2D eigenvalue weighted by molar-refractivity contribution is 0.102. The average molecular weight is 232 g/mol. The first-order chi connectivity index (χ1) is 8.16. The van der Waals surface area contributed by atoms with Crippen molar-refractivity contribution in [3.05, 3.63) is 54.1 Å². The summed E-state index contributed by atoms with van der Waals surface area (Å²) in [5, 5.41) is 11.4. The Morgan fingerprint density at radius 1 is 1.35 bits per heavy atom. The number of nitrogens with one attached hydrogen (secondary N) is 1. The fourth-order valence-corrected chi connectivity index (χ4v) is 1.30. The zero-order valence-corrected chi connectivity index (χ0v) is 8.72. The SMILES string of the molecule is O=C(Nc1ccc(O)cc1F)c1cccnc1. The van der Waals surface area contributed by atoms with Crippen LogP contribution in [0.2, 0.25) is 0 Å². The standard InChI is InChI=1S/C12H9FN2O2/c13-10-6-9(16)3-4-11(10)15-12(17)8-2-1-5-14-7-8/h1-7,16H,(H,15,17). The minimum absolute atomic E-state index is 0.0108. The number of benzene rings is 1. The molecule has 1 heterocycles. The number of aromatic hydroxyl groups is 1. The van der Waals surface area contributed by atoms with Crippen molar-refractivity contribution in [1.82, 2.24) is 4.98 Å². The first-order valence-electron chi connectivity index (χ1n) is 4.87. The van der Waals surface area contributed by atoms with Crippen LogP contribution in [-0.4, -0.2) is 16.0 Å². The van der Waals surface area contributed by atoms with Gasteiger partial charge in [-0.3, -0.25) is 9.78 Å². The molecular weight excluding hydrogens is 223 g/mol. The zero-order chi connectivity index (χ0) is 12.3. The molecule has 0 atom stereocenters. The Bertz CT molecular complexity index is 543. The van der Waals surface area contributed by atoms with E-state index in [2.05, 4.69) is 10.3 Å². The van der Waals surface area contributed by atoms with Crippen LogP contribution in [0.3, 0.4) is 0 Å². The Hall–Kier alpha value is -2.43. The van der Waals surface area contributed by atoms with E-state index < -0.39 is 11.7 Å². The number of hydrogen-bond acceptors (Lipinski definition) is 3. The molecule has 2 aromatic rings. The molecule has 0 aliphatic rings. The van der Waals surface area contributed by atoms with E-state index in [1.807, 2.05) is 0 Å². The van der Waals surface area contributed by atoms with E-state index in [1.165, 1.54) is 24.5 Å². The molecule has 4 nitrogen and oxygen atoms in total. The van der Waals surface area contributed by atoms with Crippen molar-refractivity contribution in [3.8, 4) is 5.75 Å². The quantitative estimate of drug-likeness (QED) is 0.780. The number of phenolic OH excluding ortho intramolecular Hbond substituents is 1. The highest BCUT2D eigenvalue weighted by Gasteiger charge is 2.09. The molecule has 2 N–H and O–H groups in total. The number of halogens is 1. The van der Waals surface area contributed by atoms with Crippen LogP contribution in [0.25, 0.3) is 0 Å². The van der Waals surface area contributed by atoms with Gasteiger partial charge in [0.25, 0.3) is 5.91 Å². The fraction of sp³-hybridized carbons (Fsp3) is 0. The van der Waals surface area contributed by atoms with E-state index in [1.54, 1.807) is 12.1 Å². The average Bonchev–Trinajstić information content (AvgIpc) is 2.34. The van der Waals surface area contributed by atoms with Crippen LogP contribution >= 0.6 is 0 Å². The first kappa shape index (κ1) is 11.1. The summed E-state index contributed by atoms with van der Waals surface area (Å²) in [5.74, 6) is -1.34. The third-order valence-corrected chi connectivity index (χ3v) is 2.12. The number of nitrogens with zero attached hydrogens (tertiary/aromatic N) is 1. The van der Waals surface area contributed by atoms with Gasteiger partial charge in [0.2, 0.25) is 0 Å². The predicted molar refractivity (Wildman–Crippen MR) is 60.3 cm³/mol. The van der Waals surface area contributed by atoms with Gasteiger partial charge in [-0.2, -0.15) is 0 Å². The molecule has 0 radical (unpaired) electrons. The van der Waals surface area contributed by atoms with Gasteiger partial charge in [-0.15, -0.1) is 0 Å². The van der Waals surface area contributed by atoms with Crippen molar-refractivity contribution < 1.29 is 14.3 Å². The van der Waals surface area contributed by atoms with Gasteiger partial charge < -0.3 is 10.4 Å². The molecule has 1 aromatic carbocycles. The summed E-state index contributed by atoms with van der Waals surface area (Å²) < 4.78 is 13.3. The summed E-state index contributed by atoms with van der Waals surface area (Å²) in [6.07, 6.45) is 2.92. The minimum atomic E-state index is -0.692. The molecule has 1 amide bonds. The number of aromatic nitrogens is 1. The molecule has 0 spiro atoms. The van der Waals surface area contributed by atoms with Gasteiger partial charge in [0.15, 0.2) is 0 Å². The van der Waals surface area contributed by atoms with Crippen LogP contribution in [0.4, 0.5) is 10.1 Å². The second kappa shape index (κ2) is 4.61. The molecule has 86 valence electrons. The molecule has 0 unspecified atom stereocenters. The molecular formula is C12H9FN2O2. The Balaban J connectivity index is 2.19. The highest BCUT2D eigenvalue weighted by molar-refractivity contribution is 6.04. The maximum Gasteiger partial charge on any atom is 0.257 e. The molecule has 0 bridgehead atoms. The Labute approximate surface area is 96.7 Å². The molecule has 17 heavy (non-hydrogen) atoms. The zero-order valence-electron chi connectivity index (χ0n) is 8.72. The molecule has 2 rings (SSSR count).